The maximum atomic E-state index is 12.8. The highest BCUT2D eigenvalue weighted by molar-refractivity contribution is 5.78. The maximum Gasteiger partial charge on any atom is 0.234 e. The number of benzene rings is 1. The lowest BCUT2D eigenvalue weighted by molar-refractivity contribution is -0.122. The second kappa shape index (κ2) is 7.08. The van der Waals surface area contributed by atoms with Crippen LogP contribution < -0.4 is 5.32 Å². The molecule has 1 rings (SSSR count). The summed E-state index contributed by atoms with van der Waals surface area (Å²) in [4.78, 5) is 13.4. The lowest BCUT2D eigenvalue weighted by atomic mass is 10.1. The fourth-order valence-corrected chi connectivity index (χ4v) is 1.62. The van der Waals surface area contributed by atoms with Crippen LogP contribution in [-0.2, 0) is 4.79 Å². The SMILES string of the molecule is CC(NC(=O)CN(C)CCO)c1ccc(F)cc1. The van der Waals surface area contributed by atoms with Gasteiger partial charge in [0.2, 0.25) is 5.91 Å². The summed E-state index contributed by atoms with van der Waals surface area (Å²) in [6, 6.07) is 5.88. The average Bonchev–Trinajstić information content (AvgIpc) is 2.29. The summed E-state index contributed by atoms with van der Waals surface area (Å²) in [5, 5.41) is 11.5. The molecule has 0 saturated carbocycles. The number of aliphatic hydroxyl groups is 1. The summed E-state index contributed by atoms with van der Waals surface area (Å²) in [5.74, 6) is -0.414. The fourth-order valence-electron chi connectivity index (χ4n) is 1.62. The van der Waals surface area contributed by atoms with E-state index in [1.807, 2.05) is 6.92 Å². The van der Waals surface area contributed by atoms with E-state index in [0.29, 0.717) is 6.54 Å². The number of hydrogen-bond donors (Lipinski definition) is 2. The molecule has 0 spiro atoms. The Morgan fingerprint density at radius 1 is 1.44 bits per heavy atom. The Morgan fingerprint density at radius 3 is 2.61 bits per heavy atom. The number of hydrogen-bond acceptors (Lipinski definition) is 3. The van der Waals surface area contributed by atoms with Crippen LogP contribution in [0.2, 0.25) is 0 Å². The lowest BCUT2D eigenvalue weighted by Crippen LogP contribution is -2.37. The van der Waals surface area contributed by atoms with E-state index in [1.54, 1.807) is 24.1 Å². The number of nitrogens with one attached hydrogen (secondary N) is 1. The van der Waals surface area contributed by atoms with E-state index in [2.05, 4.69) is 5.32 Å². The van der Waals surface area contributed by atoms with E-state index in [0.717, 1.165) is 5.56 Å². The molecule has 1 amide bonds. The summed E-state index contributed by atoms with van der Waals surface area (Å²) in [5.41, 5.74) is 0.856. The Balaban J connectivity index is 2.46. The number of aliphatic hydroxyl groups excluding tert-OH is 1. The molecule has 4 nitrogen and oxygen atoms in total. The van der Waals surface area contributed by atoms with E-state index in [9.17, 15) is 9.18 Å². The van der Waals surface area contributed by atoms with Gasteiger partial charge in [-0.05, 0) is 31.7 Å². The molecule has 2 N–H and O–H groups in total. The van der Waals surface area contributed by atoms with Gasteiger partial charge < -0.3 is 10.4 Å². The zero-order valence-corrected chi connectivity index (χ0v) is 10.7. The minimum atomic E-state index is -0.292. The number of nitrogens with zero attached hydrogens (tertiary/aromatic N) is 1. The molecule has 100 valence electrons. The monoisotopic (exact) mass is 254 g/mol. The van der Waals surface area contributed by atoms with Gasteiger partial charge in [0, 0.05) is 6.54 Å². The number of likely N-dealkylation sites (N-methyl/N-ethyl adjacent to an activating group) is 1. The van der Waals surface area contributed by atoms with Crippen molar-refractivity contribution in [1.29, 1.82) is 0 Å². The molecule has 0 aromatic heterocycles. The summed E-state index contributed by atoms with van der Waals surface area (Å²) < 4.78 is 12.8. The number of carbonyl (C=O) groups is 1. The molecule has 0 aliphatic carbocycles. The predicted octanol–water partition coefficient (Wildman–Crippen LogP) is 0.927. The molecule has 18 heavy (non-hydrogen) atoms. The summed E-state index contributed by atoms with van der Waals surface area (Å²) in [7, 11) is 1.76. The van der Waals surface area contributed by atoms with Crippen LogP contribution in [0.15, 0.2) is 24.3 Å². The highest BCUT2D eigenvalue weighted by Gasteiger charge is 2.11. The van der Waals surface area contributed by atoms with Crippen molar-refractivity contribution < 1.29 is 14.3 Å². The molecule has 1 aromatic carbocycles. The van der Waals surface area contributed by atoms with Gasteiger partial charge in [-0.15, -0.1) is 0 Å². The number of carbonyl (C=O) groups excluding carboxylic acids is 1. The Labute approximate surface area is 106 Å². The largest absolute Gasteiger partial charge is 0.395 e. The molecule has 0 saturated heterocycles. The first-order valence-electron chi connectivity index (χ1n) is 5.87. The van der Waals surface area contributed by atoms with Gasteiger partial charge in [0.05, 0.1) is 19.2 Å². The lowest BCUT2D eigenvalue weighted by Gasteiger charge is -2.18. The summed E-state index contributed by atoms with van der Waals surface area (Å²) >= 11 is 0. The van der Waals surface area contributed by atoms with E-state index in [1.165, 1.54) is 12.1 Å². The first-order chi connectivity index (χ1) is 8.52. The normalized spacial score (nSPS) is 12.5. The third-order valence-corrected chi connectivity index (χ3v) is 2.64. The number of halogens is 1. The molecule has 5 heteroatoms. The molecule has 0 aliphatic heterocycles. The van der Waals surface area contributed by atoms with Gasteiger partial charge in [0.1, 0.15) is 5.82 Å². The molecule has 1 unspecified atom stereocenters. The highest BCUT2D eigenvalue weighted by atomic mass is 19.1. The Bertz CT molecular complexity index is 381. The Kier molecular flexibility index (Phi) is 5.74. The third-order valence-electron chi connectivity index (χ3n) is 2.64. The topological polar surface area (TPSA) is 52.6 Å². The van der Waals surface area contributed by atoms with E-state index < -0.39 is 0 Å². The third kappa shape index (κ3) is 4.81. The number of amides is 1. The van der Waals surface area contributed by atoms with Crippen LogP contribution in [0.1, 0.15) is 18.5 Å². The van der Waals surface area contributed by atoms with Crippen LogP contribution in [0.3, 0.4) is 0 Å². The molecule has 1 aromatic rings. The van der Waals surface area contributed by atoms with Crippen LogP contribution >= 0.6 is 0 Å². The van der Waals surface area contributed by atoms with Gasteiger partial charge in [-0.25, -0.2) is 4.39 Å². The number of rotatable bonds is 6. The Hall–Kier alpha value is -1.46. The van der Waals surface area contributed by atoms with Gasteiger partial charge in [0.15, 0.2) is 0 Å². The second-order valence-electron chi connectivity index (χ2n) is 4.30. The predicted molar refractivity (Wildman–Crippen MR) is 67.5 cm³/mol. The van der Waals surface area contributed by atoms with Gasteiger partial charge >= 0.3 is 0 Å². The van der Waals surface area contributed by atoms with Crippen LogP contribution in [0.25, 0.3) is 0 Å². The van der Waals surface area contributed by atoms with E-state index >= 15 is 0 Å². The molecule has 0 bridgehead atoms. The molecular formula is C13H19FN2O2. The highest BCUT2D eigenvalue weighted by Crippen LogP contribution is 2.12. The molecule has 1 atom stereocenters. The van der Waals surface area contributed by atoms with E-state index in [4.69, 9.17) is 5.11 Å². The smallest absolute Gasteiger partial charge is 0.234 e. The van der Waals surface area contributed by atoms with Crippen molar-refractivity contribution in [3.8, 4) is 0 Å². The fraction of sp³-hybridized carbons (Fsp3) is 0.462. The van der Waals surface area contributed by atoms with Crippen LogP contribution in [0, 0.1) is 5.82 Å². The van der Waals surface area contributed by atoms with Crippen molar-refractivity contribution in [2.24, 2.45) is 0 Å². The van der Waals surface area contributed by atoms with Crippen molar-refractivity contribution >= 4 is 5.91 Å². The van der Waals surface area contributed by atoms with Gasteiger partial charge in [-0.2, -0.15) is 0 Å². The summed E-state index contributed by atoms with van der Waals surface area (Å²) in [6.45, 7) is 2.55. The maximum absolute atomic E-state index is 12.8. The van der Waals surface area contributed by atoms with Crippen molar-refractivity contribution in [2.75, 3.05) is 26.7 Å². The quantitative estimate of drug-likeness (QED) is 0.794. The zero-order valence-electron chi connectivity index (χ0n) is 10.7. The van der Waals surface area contributed by atoms with Crippen LogP contribution in [0.4, 0.5) is 4.39 Å². The van der Waals surface area contributed by atoms with Gasteiger partial charge in [-0.3, -0.25) is 9.69 Å². The molecular weight excluding hydrogens is 235 g/mol. The van der Waals surface area contributed by atoms with Crippen LogP contribution in [0.5, 0.6) is 0 Å². The van der Waals surface area contributed by atoms with E-state index in [-0.39, 0.29) is 30.9 Å². The zero-order chi connectivity index (χ0) is 13.5. The van der Waals surface area contributed by atoms with Crippen molar-refractivity contribution in [3.63, 3.8) is 0 Å². The molecule has 0 radical (unpaired) electrons. The first-order valence-corrected chi connectivity index (χ1v) is 5.87. The first kappa shape index (κ1) is 14.6. The standard InChI is InChI=1S/C13H19FN2O2/c1-10(11-3-5-12(14)6-4-11)15-13(18)9-16(2)7-8-17/h3-6,10,17H,7-9H2,1-2H3,(H,15,18). The van der Waals surface area contributed by atoms with Crippen LogP contribution in [-0.4, -0.2) is 42.7 Å². The van der Waals surface area contributed by atoms with Crippen molar-refractivity contribution in [3.05, 3.63) is 35.6 Å². The minimum Gasteiger partial charge on any atom is -0.395 e. The molecule has 0 fully saturated rings. The molecule has 0 aliphatic rings. The minimum absolute atomic E-state index is 0.0251. The Morgan fingerprint density at radius 2 is 2.06 bits per heavy atom. The van der Waals surface area contributed by atoms with Crippen molar-refractivity contribution in [2.45, 2.75) is 13.0 Å². The van der Waals surface area contributed by atoms with Gasteiger partial charge in [-0.1, -0.05) is 12.1 Å². The summed E-state index contributed by atoms with van der Waals surface area (Å²) in [6.07, 6.45) is 0. The average molecular weight is 254 g/mol. The van der Waals surface area contributed by atoms with Crippen molar-refractivity contribution in [1.82, 2.24) is 10.2 Å². The second-order valence-corrected chi connectivity index (χ2v) is 4.30. The van der Waals surface area contributed by atoms with Gasteiger partial charge in [0.25, 0.3) is 0 Å². The molecule has 0 heterocycles.